The molecule has 2 radical (unpaired) electrons. The Morgan fingerprint density at radius 1 is 1.12 bits per heavy atom. The van der Waals surface area contributed by atoms with Crippen molar-refractivity contribution in [3.05, 3.63) is 29.3 Å². The van der Waals surface area contributed by atoms with Gasteiger partial charge in [-0.1, -0.05) is 44.9 Å². The summed E-state index contributed by atoms with van der Waals surface area (Å²) >= 11 is 0. The highest BCUT2D eigenvalue weighted by molar-refractivity contribution is 6.47. The molecule has 0 bridgehead atoms. The summed E-state index contributed by atoms with van der Waals surface area (Å²) in [7, 11) is 0.494. The highest BCUT2D eigenvalue weighted by atomic mass is 28.2. The molecule has 17 heavy (non-hydrogen) atoms. The molecule has 0 saturated carbocycles. The number of aryl methyl sites for hydroxylation is 1. The molecule has 0 spiro atoms. The summed E-state index contributed by atoms with van der Waals surface area (Å²) in [6, 6.07) is 6.68. The molecule has 0 aliphatic rings. The minimum atomic E-state index is 0.317. The smallest absolute Gasteiger partial charge is 0.269 e. The molecule has 94 valence electrons. The second-order valence-corrected chi connectivity index (χ2v) is 5.69. The normalized spacial score (nSPS) is 11.1. The maximum atomic E-state index is 5.78. The highest BCUT2D eigenvalue weighted by Gasteiger charge is 2.09. The van der Waals surface area contributed by atoms with Crippen molar-refractivity contribution in [1.29, 1.82) is 0 Å². The number of rotatable bonds is 7. The lowest BCUT2D eigenvalue weighted by Crippen LogP contribution is -2.25. The molecule has 1 nitrogen and oxygen atoms in total. The van der Waals surface area contributed by atoms with E-state index in [0.717, 1.165) is 0 Å². The zero-order chi connectivity index (χ0) is 12.7. The summed E-state index contributed by atoms with van der Waals surface area (Å²) in [5.74, 6) is 0. The molecule has 0 N–H and O–H groups in total. The minimum absolute atomic E-state index is 0.317. The molecular formula is C15H24OSi. The third-order valence-electron chi connectivity index (χ3n) is 2.70. The fourth-order valence-electron chi connectivity index (χ4n) is 1.96. The van der Waals surface area contributed by atoms with Crippen LogP contribution in [0.2, 0.25) is 0 Å². The molecule has 1 rings (SSSR count). The molecule has 0 amide bonds. The molecule has 0 aromatic heterocycles. The molecule has 0 atom stereocenters. The Kier molecular flexibility index (Phi) is 6.52. The van der Waals surface area contributed by atoms with E-state index in [1.54, 1.807) is 0 Å². The number of hydrogen-bond acceptors (Lipinski definition) is 1. The first-order chi connectivity index (χ1) is 8.19. The van der Waals surface area contributed by atoms with Crippen LogP contribution in [0.3, 0.4) is 0 Å². The summed E-state index contributed by atoms with van der Waals surface area (Å²) < 4.78 is 5.78. The lowest BCUT2D eigenvalue weighted by molar-refractivity contribution is 0.260. The zero-order valence-corrected chi connectivity index (χ0v) is 12.5. The highest BCUT2D eigenvalue weighted by Crippen LogP contribution is 2.11. The van der Waals surface area contributed by atoms with E-state index in [2.05, 4.69) is 45.9 Å². The van der Waals surface area contributed by atoms with E-state index in [4.69, 9.17) is 4.43 Å². The second kappa shape index (κ2) is 7.67. The predicted molar refractivity (Wildman–Crippen MR) is 76.0 cm³/mol. The van der Waals surface area contributed by atoms with E-state index in [-0.39, 0.29) is 0 Å². The van der Waals surface area contributed by atoms with E-state index < -0.39 is 0 Å². The molecule has 1 aromatic carbocycles. The van der Waals surface area contributed by atoms with Crippen molar-refractivity contribution in [2.75, 3.05) is 0 Å². The molecular weight excluding hydrogens is 224 g/mol. The van der Waals surface area contributed by atoms with Crippen molar-refractivity contribution in [3.8, 4) is 0 Å². The Morgan fingerprint density at radius 3 is 2.41 bits per heavy atom. The van der Waals surface area contributed by atoms with E-state index in [1.165, 1.54) is 42.0 Å². The zero-order valence-electron chi connectivity index (χ0n) is 11.5. The van der Waals surface area contributed by atoms with Crippen molar-refractivity contribution in [3.63, 3.8) is 0 Å². The van der Waals surface area contributed by atoms with Gasteiger partial charge < -0.3 is 4.43 Å². The van der Waals surface area contributed by atoms with Gasteiger partial charge in [-0.3, -0.25) is 0 Å². The summed E-state index contributed by atoms with van der Waals surface area (Å²) in [5, 5.41) is 1.41. The van der Waals surface area contributed by atoms with Gasteiger partial charge in [0.05, 0.1) is 0 Å². The van der Waals surface area contributed by atoms with Crippen LogP contribution < -0.4 is 5.19 Å². The molecule has 0 heterocycles. The Balaban J connectivity index is 2.89. The van der Waals surface area contributed by atoms with Gasteiger partial charge in [0, 0.05) is 6.10 Å². The first-order valence-corrected chi connectivity index (χ1v) is 7.62. The SMILES string of the molecule is CCCc1cccc([Si]OC(C)C)c1CCC. The van der Waals surface area contributed by atoms with Crippen LogP contribution in [-0.2, 0) is 17.3 Å². The summed E-state index contributed by atoms with van der Waals surface area (Å²) in [4.78, 5) is 0. The van der Waals surface area contributed by atoms with Gasteiger partial charge in [-0.25, -0.2) is 0 Å². The Bertz CT molecular complexity index is 334. The number of hydrogen-bond donors (Lipinski definition) is 0. The van der Waals surface area contributed by atoms with Gasteiger partial charge in [0.1, 0.15) is 0 Å². The fourth-order valence-corrected chi connectivity index (χ4v) is 2.90. The molecule has 0 aliphatic heterocycles. The maximum Gasteiger partial charge on any atom is 0.269 e. The molecule has 0 aliphatic carbocycles. The standard InChI is InChI=1S/C15H24OSi/c1-5-8-13-10-7-11-15(14(13)9-6-2)17-16-12(3)4/h7,10-12H,5-6,8-9H2,1-4H3. The lowest BCUT2D eigenvalue weighted by Gasteiger charge is -2.14. The summed E-state index contributed by atoms with van der Waals surface area (Å²) in [6.45, 7) is 8.69. The second-order valence-electron chi connectivity index (χ2n) is 4.71. The van der Waals surface area contributed by atoms with Crippen molar-refractivity contribution in [2.24, 2.45) is 0 Å². The molecule has 1 aromatic rings. The molecule has 2 heteroatoms. The van der Waals surface area contributed by atoms with Crippen LogP contribution in [-0.4, -0.2) is 15.9 Å². The third-order valence-corrected chi connectivity index (χ3v) is 3.97. The molecule has 0 fully saturated rings. The quantitative estimate of drug-likeness (QED) is 0.673. The van der Waals surface area contributed by atoms with Gasteiger partial charge in [0.15, 0.2) is 0 Å². The van der Waals surface area contributed by atoms with Crippen LogP contribution >= 0.6 is 0 Å². The van der Waals surface area contributed by atoms with Crippen LogP contribution in [0.4, 0.5) is 0 Å². The lowest BCUT2D eigenvalue weighted by atomic mass is 10.00. The summed E-state index contributed by atoms with van der Waals surface area (Å²) in [5.41, 5.74) is 3.06. The van der Waals surface area contributed by atoms with Crippen LogP contribution in [0.5, 0.6) is 0 Å². The van der Waals surface area contributed by atoms with Crippen molar-refractivity contribution in [2.45, 2.75) is 59.5 Å². The van der Waals surface area contributed by atoms with E-state index in [0.29, 0.717) is 15.9 Å². The largest absolute Gasteiger partial charge is 0.409 e. The van der Waals surface area contributed by atoms with Gasteiger partial charge in [0.25, 0.3) is 9.76 Å². The first-order valence-electron chi connectivity index (χ1n) is 6.71. The van der Waals surface area contributed by atoms with Crippen LogP contribution in [0.25, 0.3) is 0 Å². The monoisotopic (exact) mass is 248 g/mol. The van der Waals surface area contributed by atoms with Crippen molar-refractivity contribution in [1.82, 2.24) is 0 Å². The van der Waals surface area contributed by atoms with Gasteiger partial charge in [-0.2, -0.15) is 0 Å². The van der Waals surface area contributed by atoms with Crippen molar-refractivity contribution >= 4 is 14.9 Å². The van der Waals surface area contributed by atoms with E-state index in [9.17, 15) is 0 Å². The van der Waals surface area contributed by atoms with Crippen LogP contribution in [0.1, 0.15) is 51.7 Å². The summed E-state index contributed by atoms with van der Waals surface area (Å²) in [6.07, 6.45) is 5.11. The van der Waals surface area contributed by atoms with Gasteiger partial charge in [-0.05, 0) is 43.0 Å². The van der Waals surface area contributed by atoms with Crippen molar-refractivity contribution < 1.29 is 4.43 Å². The Labute approximate surface area is 109 Å². The van der Waals surface area contributed by atoms with Crippen LogP contribution in [0.15, 0.2) is 18.2 Å². The minimum Gasteiger partial charge on any atom is -0.409 e. The molecule has 0 saturated heterocycles. The average molecular weight is 248 g/mol. The van der Waals surface area contributed by atoms with Gasteiger partial charge in [-0.15, -0.1) is 0 Å². The number of benzene rings is 1. The van der Waals surface area contributed by atoms with E-state index >= 15 is 0 Å². The Hall–Kier alpha value is -0.603. The predicted octanol–water partition coefficient (Wildman–Crippen LogP) is 3.26. The van der Waals surface area contributed by atoms with E-state index in [1.807, 2.05) is 0 Å². The third kappa shape index (κ3) is 4.64. The van der Waals surface area contributed by atoms with Gasteiger partial charge in [0.2, 0.25) is 0 Å². The average Bonchev–Trinajstić information content (AvgIpc) is 2.30. The van der Waals surface area contributed by atoms with Crippen LogP contribution in [0, 0.1) is 0 Å². The van der Waals surface area contributed by atoms with Gasteiger partial charge >= 0.3 is 0 Å². The first kappa shape index (κ1) is 14.5. The maximum absolute atomic E-state index is 5.78. The topological polar surface area (TPSA) is 9.23 Å². The fraction of sp³-hybridized carbons (Fsp3) is 0.600. The Morgan fingerprint density at radius 2 is 1.82 bits per heavy atom. The molecule has 0 unspecified atom stereocenters.